The zero-order valence-electron chi connectivity index (χ0n) is 12.3. The third-order valence-corrected chi connectivity index (χ3v) is 3.91. The lowest BCUT2D eigenvalue weighted by molar-refractivity contribution is -0.143. The smallest absolute Gasteiger partial charge is 0.306 e. The lowest BCUT2D eigenvalue weighted by atomic mass is 9.97. The van der Waals surface area contributed by atoms with E-state index in [1.807, 2.05) is 6.07 Å². The monoisotopic (exact) mass is 333 g/mol. The van der Waals surface area contributed by atoms with Gasteiger partial charge in [0.2, 0.25) is 0 Å². The molecule has 6 nitrogen and oxygen atoms in total. The highest BCUT2D eigenvalue weighted by Gasteiger charge is 2.24. The van der Waals surface area contributed by atoms with Gasteiger partial charge in [0.25, 0.3) is 5.91 Å². The van der Waals surface area contributed by atoms with Gasteiger partial charge in [-0.3, -0.25) is 9.59 Å². The zero-order valence-corrected chi connectivity index (χ0v) is 13.1. The van der Waals surface area contributed by atoms with Gasteiger partial charge >= 0.3 is 5.97 Å². The molecule has 0 aliphatic carbocycles. The second-order valence-electron chi connectivity index (χ2n) is 5.26. The topological polar surface area (TPSA) is 93.4 Å². The minimum Gasteiger partial charge on any atom is -0.481 e. The maximum atomic E-state index is 12.1. The van der Waals surface area contributed by atoms with Gasteiger partial charge in [-0.05, 0) is 37.1 Å². The van der Waals surface area contributed by atoms with Crippen molar-refractivity contribution >= 4 is 29.2 Å². The molecule has 0 bridgehead atoms. The van der Waals surface area contributed by atoms with Crippen LogP contribution in [0.25, 0.3) is 0 Å². The second kappa shape index (κ2) is 7.65. The Labute approximate surface area is 139 Å². The number of carboxylic acid groups (broad SMARTS) is 1. The average Bonchev–Trinajstić information content (AvgIpc) is 2.55. The van der Waals surface area contributed by atoms with Crippen molar-refractivity contribution in [3.8, 4) is 6.07 Å². The van der Waals surface area contributed by atoms with Crippen LogP contribution in [0.4, 0.5) is 5.69 Å². The summed E-state index contributed by atoms with van der Waals surface area (Å²) >= 11 is 5.78. The van der Waals surface area contributed by atoms with Crippen molar-refractivity contribution in [3.05, 3.63) is 41.1 Å². The molecule has 1 fully saturated rings. The molecule has 0 saturated carbocycles. The van der Waals surface area contributed by atoms with E-state index in [2.05, 4.69) is 5.32 Å². The van der Waals surface area contributed by atoms with E-state index in [4.69, 9.17) is 22.0 Å². The number of nitrogens with zero attached hydrogens (tertiary/aromatic N) is 2. The number of amides is 1. The molecule has 120 valence electrons. The maximum Gasteiger partial charge on any atom is 0.306 e. The lowest BCUT2D eigenvalue weighted by Gasteiger charge is -2.29. The molecule has 2 rings (SSSR count). The van der Waals surface area contributed by atoms with Crippen LogP contribution in [0.1, 0.15) is 12.8 Å². The number of anilines is 1. The van der Waals surface area contributed by atoms with Gasteiger partial charge in [0.15, 0.2) is 0 Å². The number of likely N-dealkylation sites (tertiary alicyclic amines) is 1. The van der Waals surface area contributed by atoms with Crippen molar-refractivity contribution in [1.29, 1.82) is 5.26 Å². The quantitative estimate of drug-likeness (QED) is 0.652. The molecule has 0 aromatic heterocycles. The standard InChI is InChI=1S/C16H16ClN3O3/c17-13-1-3-14(4-2-13)19-15(21)12(9-18)10-20-7-5-11(6-8-20)16(22)23/h1-4,10-11H,5-8H2,(H,19,21)(H,22,23)/b12-10-. The summed E-state index contributed by atoms with van der Waals surface area (Å²) in [7, 11) is 0. The summed E-state index contributed by atoms with van der Waals surface area (Å²) in [5.74, 6) is -1.65. The number of benzene rings is 1. The molecule has 1 heterocycles. The number of hydrogen-bond donors (Lipinski definition) is 2. The Hall–Kier alpha value is -2.52. The van der Waals surface area contributed by atoms with E-state index in [0.29, 0.717) is 36.6 Å². The fourth-order valence-corrected chi connectivity index (χ4v) is 2.45. The van der Waals surface area contributed by atoms with Crippen LogP contribution >= 0.6 is 11.6 Å². The predicted octanol–water partition coefficient (Wildman–Crippen LogP) is 2.48. The Morgan fingerprint density at radius 2 is 1.91 bits per heavy atom. The molecule has 1 aliphatic rings. The van der Waals surface area contributed by atoms with E-state index in [9.17, 15) is 9.59 Å². The van der Waals surface area contributed by atoms with Gasteiger partial charge < -0.3 is 15.3 Å². The minimum atomic E-state index is -0.797. The van der Waals surface area contributed by atoms with Crippen LogP contribution < -0.4 is 5.32 Å². The largest absolute Gasteiger partial charge is 0.481 e. The summed E-state index contributed by atoms with van der Waals surface area (Å²) in [6, 6.07) is 8.46. The van der Waals surface area contributed by atoms with Gasteiger partial charge in [-0.2, -0.15) is 5.26 Å². The summed E-state index contributed by atoms with van der Waals surface area (Å²) in [4.78, 5) is 24.8. The number of rotatable bonds is 4. The van der Waals surface area contributed by atoms with E-state index < -0.39 is 11.9 Å². The molecule has 1 aliphatic heterocycles. The summed E-state index contributed by atoms with van der Waals surface area (Å²) < 4.78 is 0. The first kappa shape index (κ1) is 16.8. The third-order valence-electron chi connectivity index (χ3n) is 3.66. The molecule has 1 amide bonds. The van der Waals surface area contributed by atoms with E-state index in [1.54, 1.807) is 29.2 Å². The molecule has 0 spiro atoms. The van der Waals surface area contributed by atoms with Crippen LogP contribution in [-0.4, -0.2) is 35.0 Å². The number of carbonyl (C=O) groups excluding carboxylic acids is 1. The third kappa shape index (κ3) is 4.73. The second-order valence-corrected chi connectivity index (χ2v) is 5.70. The van der Waals surface area contributed by atoms with E-state index >= 15 is 0 Å². The highest BCUT2D eigenvalue weighted by Crippen LogP contribution is 2.19. The van der Waals surface area contributed by atoms with E-state index in [-0.39, 0.29) is 11.5 Å². The average molecular weight is 334 g/mol. The fraction of sp³-hybridized carbons (Fsp3) is 0.312. The van der Waals surface area contributed by atoms with Crippen LogP contribution in [-0.2, 0) is 9.59 Å². The lowest BCUT2D eigenvalue weighted by Crippen LogP contribution is -2.33. The number of nitrogens with one attached hydrogen (secondary N) is 1. The van der Waals surface area contributed by atoms with Crippen molar-refractivity contribution < 1.29 is 14.7 Å². The van der Waals surface area contributed by atoms with Crippen molar-refractivity contribution in [2.75, 3.05) is 18.4 Å². The first-order valence-corrected chi connectivity index (χ1v) is 7.53. The maximum absolute atomic E-state index is 12.1. The van der Waals surface area contributed by atoms with Gasteiger partial charge in [0.1, 0.15) is 11.6 Å². The van der Waals surface area contributed by atoms with Crippen molar-refractivity contribution in [3.63, 3.8) is 0 Å². The molecule has 1 saturated heterocycles. The van der Waals surface area contributed by atoms with Crippen molar-refractivity contribution in [2.24, 2.45) is 5.92 Å². The normalized spacial score (nSPS) is 15.8. The summed E-state index contributed by atoms with van der Waals surface area (Å²) in [5.41, 5.74) is 0.527. The van der Waals surface area contributed by atoms with Crippen LogP contribution in [0.2, 0.25) is 5.02 Å². The zero-order chi connectivity index (χ0) is 16.8. The number of carbonyl (C=O) groups is 2. The minimum absolute atomic E-state index is 0.0197. The molecule has 1 aromatic rings. The first-order chi connectivity index (χ1) is 11.0. The number of carboxylic acids is 1. The molecule has 0 radical (unpaired) electrons. The highest BCUT2D eigenvalue weighted by molar-refractivity contribution is 6.30. The number of nitriles is 1. The Morgan fingerprint density at radius 3 is 2.43 bits per heavy atom. The number of piperidine rings is 1. The molecular formula is C16H16ClN3O3. The van der Waals surface area contributed by atoms with E-state index in [1.165, 1.54) is 6.20 Å². The Kier molecular flexibility index (Phi) is 5.61. The molecular weight excluding hydrogens is 318 g/mol. The van der Waals surface area contributed by atoms with Crippen LogP contribution in [0.3, 0.4) is 0 Å². The molecule has 1 aromatic carbocycles. The van der Waals surface area contributed by atoms with Crippen LogP contribution in [0.5, 0.6) is 0 Å². The molecule has 23 heavy (non-hydrogen) atoms. The van der Waals surface area contributed by atoms with Gasteiger partial charge in [-0.25, -0.2) is 0 Å². The number of aliphatic carboxylic acids is 1. The van der Waals surface area contributed by atoms with E-state index in [0.717, 1.165) is 0 Å². The predicted molar refractivity (Wildman–Crippen MR) is 85.7 cm³/mol. The first-order valence-electron chi connectivity index (χ1n) is 7.15. The molecule has 7 heteroatoms. The van der Waals surface area contributed by atoms with Crippen molar-refractivity contribution in [2.45, 2.75) is 12.8 Å². The summed E-state index contributed by atoms with van der Waals surface area (Å²) in [6.07, 6.45) is 2.50. The van der Waals surface area contributed by atoms with Gasteiger partial charge in [-0.15, -0.1) is 0 Å². The van der Waals surface area contributed by atoms with Gasteiger partial charge in [0.05, 0.1) is 5.92 Å². The fourth-order valence-electron chi connectivity index (χ4n) is 2.33. The number of hydrogen-bond acceptors (Lipinski definition) is 4. The number of halogens is 1. The summed E-state index contributed by atoms with van der Waals surface area (Å²) in [5, 5.41) is 21.3. The summed E-state index contributed by atoms with van der Waals surface area (Å²) in [6.45, 7) is 1.02. The van der Waals surface area contributed by atoms with Crippen LogP contribution in [0.15, 0.2) is 36.0 Å². The molecule has 0 unspecified atom stereocenters. The van der Waals surface area contributed by atoms with Gasteiger partial charge in [0, 0.05) is 30.0 Å². The Morgan fingerprint density at radius 1 is 1.30 bits per heavy atom. The SMILES string of the molecule is N#C/C(=C/N1CCC(C(=O)O)CC1)C(=O)Nc1ccc(Cl)cc1. The van der Waals surface area contributed by atoms with Gasteiger partial charge in [-0.1, -0.05) is 11.6 Å². The highest BCUT2D eigenvalue weighted by atomic mass is 35.5. The van der Waals surface area contributed by atoms with Crippen LogP contribution in [0, 0.1) is 17.2 Å². The Bertz CT molecular complexity index is 656. The van der Waals surface area contributed by atoms with Crippen molar-refractivity contribution in [1.82, 2.24) is 4.90 Å². The molecule has 0 atom stereocenters. The Balaban J connectivity index is 1.99. The molecule has 2 N–H and O–H groups in total.